The molecule has 2 heterocycles. The molecule has 1 aromatic heterocycles. The minimum atomic E-state index is -3.60. The van der Waals surface area contributed by atoms with Gasteiger partial charge in [-0.25, -0.2) is 18.4 Å². The molecule has 6 rings (SSSR count). The molecule has 0 N–H and O–H groups in total. The number of benzene rings is 2. The fraction of sp³-hybridized carbons (Fsp3) is 0.452. The molecular formula is C31H37N3O4SSi. The van der Waals surface area contributed by atoms with Crippen molar-refractivity contribution >= 4 is 40.3 Å². The molecule has 0 unspecified atom stereocenters. The Labute approximate surface area is 238 Å². The van der Waals surface area contributed by atoms with Crippen molar-refractivity contribution in [1.82, 2.24) is 9.97 Å². The van der Waals surface area contributed by atoms with Crippen molar-refractivity contribution in [3.63, 3.8) is 0 Å². The first-order chi connectivity index (χ1) is 19.0. The van der Waals surface area contributed by atoms with E-state index in [4.69, 9.17) is 4.43 Å². The van der Waals surface area contributed by atoms with Crippen molar-refractivity contribution in [3.05, 3.63) is 72.4 Å². The van der Waals surface area contributed by atoms with Crippen LogP contribution in [0.2, 0.25) is 5.04 Å². The Balaban J connectivity index is 1.38. The van der Waals surface area contributed by atoms with Crippen LogP contribution in [0.1, 0.15) is 64.9 Å². The maximum Gasteiger partial charge on any atom is 0.261 e. The number of carbonyl (C=O) groups excluding carboxylic acids is 1. The number of rotatable bonds is 6. The highest BCUT2D eigenvalue weighted by Crippen LogP contribution is 2.57. The van der Waals surface area contributed by atoms with Gasteiger partial charge in [-0.2, -0.15) is 0 Å². The predicted octanol–water partition coefficient (Wildman–Crippen LogP) is 4.15. The zero-order chi connectivity index (χ0) is 28.3. The SMILES string of the molecule is CC(C)(C)[Si](O[C@@H]1CCC[C@@H](N2C(=O)C3(CC3)c3cnc(S(C)(=O)=O)nc32)C1)(c1ccccc1)c1ccccc1. The van der Waals surface area contributed by atoms with Gasteiger partial charge in [0.25, 0.3) is 8.32 Å². The minimum Gasteiger partial charge on any atom is -0.404 e. The van der Waals surface area contributed by atoms with Crippen molar-refractivity contribution in [3.8, 4) is 0 Å². The molecule has 1 spiro atoms. The number of sulfone groups is 1. The average Bonchev–Trinajstić information content (AvgIpc) is 3.69. The van der Waals surface area contributed by atoms with Crippen LogP contribution in [0.3, 0.4) is 0 Å². The number of hydrogen-bond acceptors (Lipinski definition) is 6. The van der Waals surface area contributed by atoms with Gasteiger partial charge >= 0.3 is 0 Å². The van der Waals surface area contributed by atoms with E-state index in [1.807, 2.05) is 12.1 Å². The summed E-state index contributed by atoms with van der Waals surface area (Å²) in [6, 6.07) is 21.1. The first-order valence-electron chi connectivity index (χ1n) is 14.2. The molecule has 2 aromatic carbocycles. The quantitative estimate of drug-likeness (QED) is 0.324. The lowest BCUT2D eigenvalue weighted by molar-refractivity contribution is -0.121. The topological polar surface area (TPSA) is 89.5 Å². The van der Waals surface area contributed by atoms with Crippen LogP contribution in [0.25, 0.3) is 0 Å². The monoisotopic (exact) mass is 575 g/mol. The largest absolute Gasteiger partial charge is 0.404 e. The normalized spacial score (nSPS) is 22.4. The summed E-state index contributed by atoms with van der Waals surface area (Å²) in [5, 5.41) is 2.11. The second-order valence-corrected chi connectivity index (χ2v) is 18.8. The first kappa shape index (κ1) is 27.3. The van der Waals surface area contributed by atoms with E-state index in [-0.39, 0.29) is 28.2 Å². The summed E-state index contributed by atoms with van der Waals surface area (Å²) in [6.45, 7) is 6.83. The van der Waals surface area contributed by atoms with E-state index in [0.717, 1.165) is 43.9 Å². The summed E-state index contributed by atoms with van der Waals surface area (Å²) >= 11 is 0. The molecule has 2 aliphatic carbocycles. The summed E-state index contributed by atoms with van der Waals surface area (Å²) in [5.41, 5.74) is 0.192. The molecule has 210 valence electrons. The Morgan fingerprint density at radius 1 is 0.975 bits per heavy atom. The van der Waals surface area contributed by atoms with Gasteiger partial charge in [-0.1, -0.05) is 81.4 Å². The van der Waals surface area contributed by atoms with Crippen LogP contribution in [0, 0.1) is 0 Å². The van der Waals surface area contributed by atoms with Crippen molar-refractivity contribution in [2.24, 2.45) is 0 Å². The van der Waals surface area contributed by atoms with E-state index in [1.165, 1.54) is 10.4 Å². The molecular weight excluding hydrogens is 539 g/mol. The third-order valence-electron chi connectivity index (χ3n) is 8.92. The molecule has 3 aromatic rings. The molecule has 1 aliphatic heterocycles. The lowest BCUT2D eigenvalue weighted by atomic mass is 9.92. The average molecular weight is 576 g/mol. The second-order valence-electron chi connectivity index (χ2n) is 12.6. The van der Waals surface area contributed by atoms with Gasteiger partial charge in [-0.05, 0) is 53.9 Å². The summed E-state index contributed by atoms with van der Waals surface area (Å²) in [5.74, 6) is 0.521. The van der Waals surface area contributed by atoms with Gasteiger partial charge in [-0.15, -0.1) is 0 Å². The highest BCUT2D eigenvalue weighted by atomic mass is 32.2. The van der Waals surface area contributed by atoms with Crippen LogP contribution in [-0.4, -0.2) is 51.0 Å². The number of nitrogens with zero attached hydrogens (tertiary/aromatic N) is 3. The van der Waals surface area contributed by atoms with Gasteiger partial charge in [-0.3, -0.25) is 9.69 Å². The smallest absolute Gasteiger partial charge is 0.261 e. The Morgan fingerprint density at radius 2 is 1.57 bits per heavy atom. The molecule has 0 bridgehead atoms. The zero-order valence-corrected chi connectivity index (χ0v) is 25.4. The van der Waals surface area contributed by atoms with E-state index in [1.54, 1.807) is 11.1 Å². The fourth-order valence-electron chi connectivity index (χ4n) is 6.85. The van der Waals surface area contributed by atoms with Crippen molar-refractivity contribution in [2.45, 2.75) is 87.1 Å². The number of aromatic nitrogens is 2. The lowest BCUT2D eigenvalue weighted by Crippen LogP contribution is -2.68. The molecule has 2 fully saturated rings. The summed E-state index contributed by atoms with van der Waals surface area (Å²) in [6.07, 6.45) is 7.50. The van der Waals surface area contributed by atoms with Gasteiger partial charge in [0, 0.05) is 30.2 Å². The van der Waals surface area contributed by atoms with Gasteiger partial charge in [0.05, 0.1) is 5.41 Å². The standard InChI is InChI=1S/C31H37N3O4SSi/c1-30(2,3)40(24-14-7-5-8-15-24,25-16-9-6-10-17-25)38-23-13-11-12-22(20-23)34-27-26(31(18-19-31)28(34)35)21-32-29(33-27)39(4,36)37/h5-10,14-17,21-23H,11-13,18-20H2,1-4H3/t22-,23-/m1/s1. The van der Waals surface area contributed by atoms with E-state index in [0.29, 0.717) is 12.2 Å². The maximum absolute atomic E-state index is 13.9. The summed E-state index contributed by atoms with van der Waals surface area (Å²) < 4.78 is 32.1. The number of hydrogen-bond donors (Lipinski definition) is 0. The van der Waals surface area contributed by atoms with Crippen molar-refractivity contribution in [2.75, 3.05) is 11.2 Å². The molecule has 9 heteroatoms. The molecule has 2 atom stereocenters. The number of anilines is 1. The van der Waals surface area contributed by atoms with E-state index in [2.05, 4.69) is 79.3 Å². The van der Waals surface area contributed by atoms with Crippen LogP contribution in [0.4, 0.5) is 5.82 Å². The Hall–Kier alpha value is -2.88. The van der Waals surface area contributed by atoms with E-state index in [9.17, 15) is 13.2 Å². The van der Waals surface area contributed by atoms with Gasteiger partial charge in [0.1, 0.15) is 5.82 Å². The van der Waals surface area contributed by atoms with Crippen LogP contribution in [-0.2, 0) is 24.5 Å². The van der Waals surface area contributed by atoms with E-state index < -0.39 is 23.6 Å². The third-order valence-corrected chi connectivity index (χ3v) is 14.9. The summed E-state index contributed by atoms with van der Waals surface area (Å²) in [4.78, 5) is 24.3. The Morgan fingerprint density at radius 3 is 2.10 bits per heavy atom. The molecule has 7 nitrogen and oxygen atoms in total. The molecule has 2 saturated carbocycles. The lowest BCUT2D eigenvalue weighted by Gasteiger charge is -2.47. The number of carbonyl (C=O) groups is 1. The van der Waals surface area contributed by atoms with Crippen LogP contribution in [0.5, 0.6) is 0 Å². The van der Waals surface area contributed by atoms with Crippen molar-refractivity contribution in [1.29, 1.82) is 0 Å². The highest BCUT2D eigenvalue weighted by molar-refractivity contribution is 7.90. The molecule has 0 saturated heterocycles. The van der Waals surface area contributed by atoms with Crippen LogP contribution < -0.4 is 15.3 Å². The predicted molar refractivity (Wildman–Crippen MR) is 158 cm³/mol. The zero-order valence-electron chi connectivity index (χ0n) is 23.6. The highest BCUT2D eigenvalue weighted by Gasteiger charge is 2.62. The molecule has 40 heavy (non-hydrogen) atoms. The Kier molecular flexibility index (Phi) is 6.55. The third kappa shape index (κ3) is 4.33. The van der Waals surface area contributed by atoms with Crippen LogP contribution >= 0.6 is 0 Å². The number of fused-ring (bicyclic) bond motifs is 2. The fourth-order valence-corrected chi connectivity index (χ4v) is 12.1. The van der Waals surface area contributed by atoms with Gasteiger partial charge in [0.15, 0.2) is 0 Å². The molecule has 3 aliphatic rings. The van der Waals surface area contributed by atoms with Gasteiger partial charge < -0.3 is 4.43 Å². The van der Waals surface area contributed by atoms with Crippen molar-refractivity contribution < 1.29 is 17.6 Å². The molecule has 0 radical (unpaired) electrons. The molecule has 1 amide bonds. The van der Waals surface area contributed by atoms with E-state index >= 15 is 0 Å². The second kappa shape index (κ2) is 9.60. The maximum atomic E-state index is 13.9. The first-order valence-corrected chi connectivity index (χ1v) is 18.0. The Bertz CT molecular complexity index is 1500. The van der Waals surface area contributed by atoms with Crippen LogP contribution in [0.15, 0.2) is 72.0 Å². The van der Waals surface area contributed by atoms with Gasteiger partial charge in [0.2, 0.25) is 20.9 Å². The summed E-state index contributed by atoms with van der Waals surface area (Å²) in [7, 11) is -6.36. The minimum absolute atomic E-state index is 0.0403. The number of amides is 1.